The summed E-state index contributed by atoms with van der Waals surface area (Å²) in [7, 11) is 0. The molecule has 8 nitrogen and oxygen atoms in total. The van der Waals surface area contributed by atoms with Crippen molar-refractivity contribution in [3.8, 4) is 0 Å². The van der Waals surface area contributed by atoms with Crippen molar-refractivity contribution >= 4 is 22.8 Å². The summed E-state index contributed by atoms with van der Waals surface area (Å²) in [5.74, 6) is 0. The summed E-state index contributed by atoms with van der Waals surface area (Å²) in [6.07, 6.45) is 4.64. The van der Waals surface area contributed by atoms with Crippen molar-refractivity contribution in [1.82, 2.24) is 25.5 Å². The zero-order valence-electron chi connectivity index (χ0n) is 15.3. The molecule has 1 fully saturated rings. The monoisotopic (exact) mass is 366 g/mol. The van der Waals surface area contributed by atoms with E-state index in [1.807, 2.05) is 41.6 Å². The summed E-state index contributed by atoms with van der Waals surface area (Å²) in [5.41, 5.74) is 4.73. The highest BCUT2D eigenvalue weighted by molar-refractivity contribution is 5.76. The Labute approximate surface area is 157 Å². The second kappa shape index (κ2) is 7.61. The topological polar surface area (TPSA) is 87.4 Å². The molecule has 2 amide bonds. The maximum atomic E-state index is 12.6. The SMILES string of the molecule is Cc1cnccc1N1CCCN(C(=O)NCc2ccc3nonc3c2)CC1. The van der Waals surface area contributed by atoms with E-state index < -0.39 is 0 Å². The number of aromatic nitrogens is 3. The molecule has 0 unspecified atom stereocenters. The van der Waals surface area contributed by atoms with Crippen LogP contribution in [0.5, 0.6) is 0 Å². The van der Waals surface area contributed by atoms with E-state index in [-0.39, 0.29) is 6.03 Å². The van der Waals surface area contributed by atoms with Gasteiger partial charge in [0, 0.05) is 50.8 Å². The first-order valence-corrected chi connectivity index (χ1v) is 9.10. The van der Waals surface area contributed by atoms with Crippen LogP contribution in [0.15, 0.2) is 41.3 Å². The van der Waals surface area contributed by atoms with Crippen LogP contribution in [0.3, 0.4) is 0 Å². The van der Waals surface area contributed by atoms with Gasteiger partial charge in [0.25, 0.3) is 0 Å². The minimum absolute atomic E-state index is 0.0401. The molecule has 0 saturated carbocycles. The average molecular weight is 366 g/mol. The molecule has 3 aromatic rings. The van der Waals surface area contributed by atoms with Gasteiger partial charge in [-0.15, -0.1) is 0 Å². The summed E-state index contributed by atoms with van der Waals surface area (Å²) in [4.78, 5) is 21.0. The van der Waals surface area contributed by atoms with Crippen LogP contribution in [0, 0.1) is 6.92 Å². The lowest BCUT2D eigenvalue weighted by atomic mass is 10.2. The third-order valence-corrected chi connectivity index (χ3v) is 4.88. The Hall–Kier alpha value is -3.16. The number of nitrogens with zero attached hydrogens (tertiary/aromatic N) is 5. The van der Waals surface area contributed by atoms with Crippen LogP contribution >= 0.6 is 0 Å². The van der Waals surface area contributed by atoms with Gasteiger partial charge in [0.05, 0.1) is 0 Å². The van der Waals surface area contributed by atoms with Crippen LogP contribution in [-0.4, -0.2) is 52.4 Å². The Bertz CT molecular complexity index is 941. The van der Waals surface area contributed by atoms with Gasteiger partial charge in [0.2, 0.25) is 0 Å². The number of aryl methyl sites for hydroxylation is 1. The van der Waals surface area contributed by atoms with Crippen LogP contribution in [0.2, 0.25) is 0 Å². The number of hydrogen-bond donors (Lipinski definition) is 1. The molecule has 0 atom stereocenters. The third-order valence-electron chi connectivity index (χ3n) is 4.88. The van der Waals surface area contributed by atoms with E-state index in [1.54, 1.807) is 0 Å². The van der Waals surface area contributed by atoms with Gasteiger partial charge in [-0.25, -0.2) is 9.42 Å². The van der Waals surface area contributed by atoms with E-state index in [9.17, 15) is 4.79 Å². The zero-order chi connectivity index (χ0) is 18.6. The second-order valence-corrected chi connectivity index (χ2v) is 6.74. The number of nitrogens with one attached hydrogen (secondary N) is 1. The zero-order valence-corrected chi connectivity index (χ0v) is 15.3. The molecular formula is C19H22N6O2. The van der Waals surface area contributed by atoms with Gasteiger partial charge in [0.1, 0.15) is 11.0 Å². The number of urea groups is 1. The van der Waals surface area contributed by atoms with Crippen molar-refractivity contribution in [2.75, 3.05) is 31.1 Å². The first-order chi connectivity index (χ1) is 13.2. The van der Waals surface area contributed by atoms with Crippen LogP contribution in [0.25, 0.3) is 11.0 Å². The highest BCUT2D eigenvalue weighted by Crippen LogP contribution is 2.20. The maximum Gasteiger partial charge on any atom is 0.317 e. The molecule has 0 bridgehead atoms. The molecule has 1 aliphatic rings. The van der Waals surface area contributed by atoms with Gasteiger partial charge in [-0.3, -0.25) is 4.98 Å². The molecule has 4 rings (SSSR count). The number of amides is 2. The van der Waals surface area contributed by atoms with Crippen LogP contribution < -0.4 is 10.2 Å². The molecule has 0 radical (unpaired) electrons. The summed E-state index contributed by atoms with van der Waals surface area (Å²) < 4.78 is 4.71. The number of hydrogen-bond acceptors (Lipinski definition) is 6. The fourth-order valence-electron chi connectivity index (χ4n) is 3.41. The summed E-state index contributed by atoms with van der Waals surface area (Å²) in [6.45, 7) is 5.71. The van der Waals surface area contributed by atoms with Crippen molar-refractivity contribution in [3.63, 3.8) is 0 Å². The third kappa shape index (κ3) is 3.84. The van der Waals surface area contributed by atoms with Crippen LogP contribution in [0.1, 0.15) is 17.5 Å². The number of carbonyl (C=O) groups is 1. The molecule has 0 aliphatic carbocycles. The van der Waals surface area contributed by atoms with E-state index in [4.69, 9.17) is 4.63 Å². The van der Waals surface area contributed by atoms with Gasteiger partial charge < -0.3 is 15.1 Å². The summed E-state index contributed by atoms with van der Waals surface area (Å²) in [6, 6.07) is 7.64. The second-order valence-electron chi connectivity index (χ2n) is 6.74. The minimum Gasteiger partial charge on any atom is -0.369 e. The molecule has 3 heterocycles. The molecule has 140 valence electrons. The summed E-state index contributed by atoms with van der Waals surface area (Å²) in [5, 5.41) is 10.6. The van der Waals surface area contributed by atoms with Crippen LogP contribution in [0.4, 0.5) is 10.5 Å². The van der Waals surface area contributed by atoms with Crippen molar-refractivity contribution in [2.45, 2.75) is 19.9 Å². The lowest BCUT2D eigenvalue weighted by Crippen LogP contribution is -2.41. The maximum absolute atomic E-state index is 12.6. The number of fused-ring (bicyclic) bond motifs is 1. The Morgan fingerprint density at radius 2 is 2.04 bits per heavy atom. The molecular weight excluding hydrogens is 344 g/mol. The lowest BCUT2D eigenvalue weighted by Gasteiger charge is -2.25. The van der Waals surface area contributed by atoms with Gasteiger partial charge in [-0.2, -0.15) is 0 Å². The van der Waals surface area contributed by atoms with Crippen molar-refractivity contribution < 1.29 is 9.42 Å². The predicted molar refractivity (Wildman–Crippen MR) is 101 cm³/mol. The number of carbonyl (C=O) groups excluding carboxylic acids is 1. The molecule has 1 N–H and O–H groups in total. The van der Waals surface area contributed by atoms with E-state index in [1.165, 1.54) is 5.69 Å². The number of rotatable bonds is 3. The standard InChI is InChI=1S/C19H22N6O2/c1-14-12-20-6-5-18(14)24-7-2-8-25(10-9-24)19(26)21-13-15-3-4-16-17(11-15)23-27-22-16/h3-6,11-12H,2,7-10,13H2,1H3,(H,21,26). The highest BCUT2D eigenvalue weighted by Gasteiger charge is 2.20. The molecule has 2 aromatic heterocycles. The fourth-order valence-corrected chi connectivity index (χ4v) is 3.41. The number of anilines is 1. The van der Waals surface area contributed by atoms with E-state index >= 15 is 0 Å². The van der Waals surface area contributed by atoms with E-state index in [0.717, 1.165) is 37.2 Å². The van der Waals surface area contributed by atoms with Gasteiger partial charge >= 0.3 is 6.03 Å². The Balaban J connectivity index is 1.34. The smallest absolute Gasteiger partial charge is 0.317 e. The fraction of sp³-hybridized carbons (Fsp3) is 0.368. The lowest BCUT2D eigenvalue weighted by molar-refractivity contribution is 0.201. The van der Waals surface area contributed by atoms with Crippen molar-refractivity contribution in [2.24, 2.45) is 0 Å². The quantitative estimate of drug-likeness (QED) is 0.766. The van der Waals surface area contributed by atoms with Crippen molar-refractivity contribution in [1.29, 1.82) is 0 Å². The number of pyridine rings is 1. The van der Waals surface area contributed by atoms with Gasteiger partial charge in [0.15, 0.2) is 0 Å². The molecule has 0 spiro atoms. The summed E-state index contributed by atoms with van der Waals surface area (Å²) >= 11 is 0. The molecule has 27 heavy (non-hydrogen) atoms. The number of benzene rings is 1. The highest BCUT2D eigenvalue weighted by atomic mass is 16.6. The Morgan fingerprint density at radius 3 is 2.93 bits per heavy atom. The largest absolute Gasteiger partial charge is 0.369 e. The van der Waals surface area contributed by atoms with Gasteiger partial charge in [-0.05, 0) is 53.0 Å². The molecule has 1 aliphatic heterocycles. The predicted octanol–water partition coefficient (Wildman–Crippen LogP) is 2.35. The minimum atomic E-state index is -0.0401. The van der Waals surface area contributed by atoms with Crippen LogP contribution in [-0.2, 0) is 6.54 Å². The average Bonchev–Trinajstić information content (AvgIpc) is 3.01. The normalized spacial score (nSPS) is 15.0. The first-order valence-electron chi connectivity index (χ1n) is 9.10. The van der Waals surface area contributed by atoms with E-state index in [0.29, 0.717) is 24.1 Å². The Morgan fingerprint density at radius 1 is 1.15 bits per heavy atom. The molecule has 1 aromatic carbocycles. The molecule has 8 heteroatoms. The van der Waals surface area contributed by atoms with E-state index in [2.05, 4.69) is 32.4 Å². The Kier molecular flexibility index (Phi) is 4.86. The van der Waals surface area contributed by atoms with Crippen molar-refractivity contribution in [3.05, 3.63) is 47.8 Å². The first kappa shape index (κ1) is 17.3. The molecule has 1 saturated heterocycles. The van der Waals surface area contributed by atoms with Gasteiger partial charge in [-0.1, -0.05) is 6.07 Å².